The minimum absolute atomic E-state index is 0.193. The van der Waals surface area contributed by atoms with E-state index in [-0.39, 0.29) is 5.92 Å². The van der Waals surface area contributed by atoms with E-state index in [1.807, 2.05) is 33.8 Å². The van der Waals surface area contributed by atoms with Crippen LogP contribution in [0.2, 0.25) is 5.02 Å². The molecule has 1 N–H and O–H groups in total. The predicted octanol–water partition coefficient (Wildman–Crippen LogP) is 4.40. The Kier molecular flexibility index (Phi) is 6.39. The Balaban J connectivity index is 2.40. The zero-order valence-corrected chi connectivity index (χ0v) is 15.7. The monoisotopic (exact) mass is 368 g/mol. The van der Waals surface area contributed by atoms with Crippen molar-refractivity contribution in [3.63, 3.8) is 0 Å². The molecule has 0 aliphatic heterocycles. The maximum Gasteiger partial charge on any atom is 0.216 e. The highest BCUT2D eigenvalue weighted by Crippen LogP contribution is 2.36. The van der Waals surface area contributed by atoms with Gasteiger partial charge in [0.25, 0.3) is 0 Å². The molecule has 1 aromatic heterocycles. The van der Waals surface area contributed by atoms with Crippen molar-refractivity contribution < 1.29 is 9.47 Å². The van der Waals surface area contributed by atoms with Gasteiger partial charge in [0.2, 0.25) is 4.77 Å². The SMILES string of the molecule is CCOc1cc(/C=N\n2c(C(C)C)n[nH]c2=S)cc(Cl)c1OCC. The van der Waals surface area contributed by atoms with Crippen LogP contribution in [0.3, 0.4) is 0 Å². The Morgan fingerprint density at radius 2 is 2.04 bits per heavy atom. The van der Waals surface area contributed by atoms with Crippen molar-refractivity contribution >= 4 is 30.0 Å². The highest BCUT2D eigenvalue weighted by atomic mass is 35.5. The Labute approximate surface area is 151 Å². The average Bonchev–Trinajstić information content (AvgIpc) is 2.90. The molecule has 8 heteroatoms. The highest BCUT2D eigenvalue weighted by molar-refractivity contribution is 7.71. The number of hydrogen-bond acceptors (Lipinski definition) is 5. The zero-order chi connectivity index (χ0) is 17.7. The number of halogens is 1. The van der Waals surface area contributed by atoms with Crippen LogP contribution in [0.15, 0.2) is 17.2 Å². The van der Waals surface area contributed by atoms with Gasteiger partial charge in [-0.05, 0) is 43.8 Å². The number of H-pyrrole nitrogens is 1. The van der Waals surface area contributed by atoms with Crippen molar-refractivity contribution in [3.05, 3.63) is 33.3 Å². The molecule has 0 unspecified atom stereocenters. The number of hydrogen-bond donors (Lipinski definition) is 1. The first kappa shape index (κ1) is 18.5. The fraction of sp³-hybridized carbons (Fsp3) is 0.438. The summed E-state index contributed by atoms with van der Waals surface area (Å²) in [5.74, 6) is 2.09. The molecule has 2 rings (SSSR count). The first-order valence-electron chi connectivity index (χ1n) is 7.78. The van der Waals surface area contributed by atoms with Crippen molar-refractivity contribution in [1.29, 1.82) is 0 Å². The molecule has 0 saturated heterocycles. The molecule has 0 radical (unpaired) electrons. The summed E-state index contributed by atoms with van der Waals surface area (Å²) in [5, 5.41) is 11.8. The first-order chi connectivity index (χ1) is 11.5. The summed E-state index contributed by atoms with van der Waals surface area (Å²) >= 11 is 11.5. The van der Waals surface area contributed by atoms with Gasteiger partial charge >= 0.3 is 0 Å². The lowest BCUT2D eigenvalue weighted by atomic mass is 10.2. The maximum absolute atomic E-state index is 6.31. The molecule has 2 aromatic rings. The standard InChI is InChI=1S/C16H21ClN4O2S/c1-5-22-13-8-11(7-12(17)14(13)23-6-2)9-18-21-15(10(3)4)19-20-16(21)24/h7-10H,5-6H2,1-4H3,(H,20,24)/b18-9-. The average molecular weight is 369 g/mol. The van der Waals surface area contributed by atoms with Crippen LogP contribution in [0.25, 0.3) is 0 Å². The van der Waals surface area contributed by atoms with E-state index in [0.717, 1.165) is 11.4 Å². The fourth-order valence-electron chi connectivity index (χ4n) is 2.12. The summed E-state index contributed by atoms with van der Waals surface area (Å²) < 4.78 is 13.2. The normalized spacial score (nSPS) is 11.4. The lowest BCUT2D eigenvalue weighted by Crippen LogP contribution is -2.02. The molecule has 1 heterocycles. The summed E-state index contributed by atoms with van der Waals surface area (Å²) in [6.45, 7) is 8.88. The van der Waals surface area contributed by atoms with Crippen molar-refractivity contribution in [1.82, 2.24) is 14.9 Å². The molecule has 0 bridgehead atoms. The molecular weight excluding hydrogens is 348 g/mol. The molecule has 0 aliphatic rings. The second kappa shape index (κ2) is 8.30. The smallest absolute Gasteiger partial charge is 0.216 e. The minimum atomic E-state index is 0.193. The third-order valence-electron chi connectivity index (χ3n) is 3.13. The molecule has 0 spiro atoms. The summed E-state index contributed by atoms with van der Waals surface area (Å²) in [7, 11) is 0. The van der Waals surface area contributed by atoms with Gasteiger partial charge in [-0.25, -0.2) is 0 Å². The molecule has 24 heavy (non-hydrogen) atoms. The van der Waals surface area contributed by atoms with Crippen molar-refractivity contribution in [3.8, 4) is 11.5 Å². The number of benzene rings is 1. The highest BCUT2D eigenvalue weighted by Gasteiger charge is 2.12. The summed E-state index contributed by atoms with van der Waals surface area (Å²) in [6.07, 6.45) is 1.67. The number of ether oxygens (including phenoxy) is 2. The van der Waals surface area contributed by atoms with Gasteiger partial charge in [-0.3, -0.25) is 5.10 Å². The van der Waals surface area contributed by atoms with Crippen LogP contribution in [0, 0.1) is 4.77 Å². The topological polar surface area (TPSA) is 64.4 Å². The van der Waals surface area contributed by atoms with Gasteiger partial charge in [0.05, 0.1) is 24.5 Å². The van der Waals surface area contributed by atoms with Crippen molar-refractivity contribution in [2.75, 3.05) is 13.2 Å². The molecule has 130 valence electrons. The van der Waals surface area contributed by atoms with E-state index in [9.17, 15) is 0 Å². The molecular formula is C16H21ClN4O2S. The zero-order valence-electron chi connectivity index (χ0n) is 14.2. The third kappa shape index (κ3) is 4.15. The van der Waals surface area contributed by atoms with Gasteiger partial charge in [-0.1, -0.05) is 25.4 Å². The van der Waals surface area contributed by atoms with E-state index >= 15 is 0 Å². The summed E-state index contributed by atoms with van der Waals surface area (Å²) in [6, 6.07) is 3.61. The van der Waals surface area contributed by atoms with Crippen molar-refractivity contribution in [2.45, 2.75) is 33.6 Å². The lowest BCUT2D eigenvalue weighted by Gasteiger charge is -2.13. The number of aromatic nitrogens is 3. The summed E-state index contributed by atoms with van der Waals surface area (Å²) in [5.41, 5.74) is 0.782. The van der Waals surface area contributed by atoms with Crippen LogP contribution >= 0.6 is 23.8 Å². The van der Waals surface area contributed by atoms with E-state index < -0.39 is 0 Å². The number of nitrogens with zero attached hydrogens (tertiary/aromatic N) is 3. The second-order valence-corrected chi connectivity index (χ2v) is 6.09. The minimum Gasteiger partial charge on any atom is -0.490 e. The van der Waals surface area contributed by atoms with Gasteiger partial charge in [-0.2, -0.15) is 14.9 Å². The third-order valence-corrected chi connectivity index (χ3v) is 3.68. The fourth-order valence-corrected chi connectivity index (χ4v) is 2.58. The molecule has 1 aromatic carbocycles. The van der Waals surface area contributed by atoms with Crippen LogP contribution in [0.5, 0.6) is 11.5 Å². The Hall–Kier alpha value is -1.86. The van der Waals surface area contributed by atoms with Crippen LogP contribution in [-0.4, -0.2) is 34.3 Å². The maximum atomic E-state index is 6.31. The molecule has 0 fully saturated rings. The van der Waals surface area contributed by atoms with Gasteiger partial charge in [0.1, 0.15) is 0 Å². The van der Waals surface area contributed by atoms with E-state index in [2.05, 4.69) is 15.3 Å². The van der Waals surface area contributed by atoms with Crippen LogP contribution in [0.1, 0.15) is 45.0 Å². The summed E-state index contributed by atoms with van der Waals surface area (Å²) in [4.78, 5) is 0. The number of nitrogens with one attached hydrogen (secondary N) is 1. The van der Waals surface area contributed by atoms with Gasteiger partial charge in [-0.15, -0.1) is 0 Å². The first-order valence-corrected chi connectivity index (χ1v) is 8.57. The second-order valence-electron chi connectivity index (χ2n) is 5.29. The largest absolute Gasteiger partial charge is 0.490 e. The molecule has 6 nitrogen and oxygen atoms in total. The number of rotatable bonds is 7. The molecule has 0 saturated carbocycles. The van der Waals surface area contributed by atoms with Gasteiger partial charge < -0.3 is 9.47 Å². The molecule has 0 aliphatic carbocycles. The van der Waals surface area contributed by atoms with Crippen molar-refractivity contribution in [2.24, 2.45) is 5.10 Å². The quantitative estimate of drug-likeness (QED) is 0.581. The van der Waals surface area contributed by atoms with Crippen LogP contribution < -0.4 is 9.47 Å². The van der Waals surface area contributed by atoms with E-state index in [0.29, 0.717) is 34.5 Å². The van der Waals surface area contributed by atoms with E-state index in [4.69, 9.17) is 33.3 Å². The van der Waals surface area contributed by atoms with Gasteiger partial charge in [0.15, 0.2) is 17.3 Å². The number of aromatic amines is 1. The Morgan fingerprint density at radius 3 is 2.67 bits per heavy atom. The van der Waals surface area contributed by atoms with Crippen LogP contribution in [0.4, 0.5) is 0 Å². The Bertz CT molecular complexity index is 783. The molecule has 0 atom stereocenters. The van der Waals surface area contributed by atoms with E-state index in [1.165, 1.54) is 0 Å². The molecule has 0 amide bonds. The van der Waals surface area contributed by atoms with Crippen LogP contribution in [-0.2, 0) is 0 Å². The van der Waals surface area contributed by atoms with E-state index in [1.54, 1.807) is 17.0 Å². The van der Waals surface area contributed by atoms with Gasteiger partial charge in [0, 0.05) is 5.92 Å². The predicted molar refractivity (Wildman–Crippen MR) is 98.3 cm³/mol. The lowest BCUT2D eigenvalue weighted by molar-refractivity contribution is 0.288. The Morgan fingerprint density at radius 1 is 1.33 bits per heavy atom.